The molecule has 1 aliphatic heterocycles. The predicted molar refractivity (Wildman–Crippen MR) is 75.5 cm³/mol. The largest absolute Gasteiger partial charge is 0.320 e. The molecule has 0 aromatic rings. The lowest BCUT2D eigenvalue weighted by molar-refractivity contribution is 0.131. The summed E-state index contributed by atoms with van der Waals surface area (Å²) in [6.45, 7) is 5.08. The molecule has 0 aromatic carbocycles. The zero-order valence-electron chi connectivity index (χ0n) is 12.0. The third-order valence-electron chi connectivity index (χ3n) is 3.86. The van der Waals surface area contributed by atoms with E-state index in [4.69, 9.17) is 0 Å². The van der Waals surface area contributed by atoms with Crippen molar-refractivity contribution in [1.82, 2.24) is 15.1 Å². The van der Waals surface area contributed by atoms with Crippen molar-refractivity contribution in [2.24, 2.45) is 0 Å². The van der Waals surface area contributed by atoms with Gasteiger partial charge in [-0.25, -0.2) is 0 Å². The van der Waals surface area contributed by atoms with Crippen LogP contribution in [-0.2, 0) is 0 Å². The molecule has 0 bridgehead atoms. The zero-order valence-corrected chi connectivity index (χ0v) is 12.0. The van der Waals surface area contributed by atoms with Gasteiger partial charge in [0.25, 0.3) is 0 Å². The fraction of sp³-hybridized carbons (Fsp3) is 1.00. The average Bonchev–Trinajstić information content (AvgIpc) is 2.34. The van der Waals surface area contributed by atoms with E-state index >= 15 is 0 Å². The number of unbranched alkanes of at least 4 members (excludes halogenated alkanes) is 3. The average molecular weight is 241 g/mol. The minimum Gasteiger partial charge on any atom is -0.320 e. The summed E-state index contributed by atoms with van der Waals surface area (Å²) in [5.41, 5.74) is 0. The highest BCUT2D eigenvalue weighted by molar-refractivity contribution is 4.77. The van der Waals surface area contributed by atoms with Crippen LogP contribution in [0.3, 0.4) is 0 Å². The van der Waals surface area contributed by atoms with Crippen molar-refractivity contribution < 1.29 is 0 Å². The Kier molecular flexibility index (Phi) is 7.82. The van der Waals surface area contributed by atoms with Gasteiger partial charge < -0.3 is 15.1 Å². The first-order valence-corrected chi connectivity index (χ1v) is 7.27. The van der Waals surface area contributed by atoms with Gasteiger partial charge in [-0.15, -0.1) is 0 Å². The van der Waals surface area contributed by atoms with Crippen LogP contribution >= 0.6 is 0 Å². The summed E-state index contributed by atoms with van der Waals surface area (Å²) in [4.78, 5) is 5.05. The van der Waals surface area contributed by atoms with Crippen LogP contribution in [0.1, 0.15) is 38.5 Å². The molecule has 0 amide bonds. The van der Waals surface area contributed by atoms with E-state index in [1.165, 1.54) is 64.7 Å². The summed E-state index contributed by atoms with van der Waals surface area (Å²) >= 11 is 0. The van der Waals surface area contributed by atoms with Crippen LogP contribution in [0, 0.1) is 0 Å². The molecule has 0 spiro atoms. The van der Waals surface area contributed by atoms with Gasteiger partial charge in [0.05, 0.1) is 0 Å². The lowest BCUT2D eigenvalue weighted by Gasteiger charge is -2.36. The Morgan fingerprint density at radius 3 is 2.65 bits per heavy atom. The summed E-state index contributed by atoms with van der Waals surface area (Å²) in [5.74, 6) is 0. The molecule has 1 heterocycles. The van der Waals surface area contributed by atoms with Gasteiger partial charge in [0.1, 0.15) is 0 Å². The second-order valence-corrected chi connectivity index (χ2v) is 5.58. The second kappa shape index (κ2) is 8.90. The van der Waals surface area contributed by atoms with Crippen LogP contribution in [0.25, 0.3) is 0 Å². The van der Waals surface area contributed by atoms with Gasteiger partial charge in [-0.2, -0.15) is 0 Å². The molecule has 0 aliphatic carbocycles. The number of nitrogens with zero attached hydrogens (tertiary/aromatic N) is 2. The van der Waals surface area contributed by atoms with E-state index in [0.29, 0.717) is 0 Å². The van der Waals surface area contributed by atoms with E-state index < -0.39 is 0 Å². The van der Waals surface area contributed by atoms with Gasteiger partial charge in [0, 0.05) is 12.6 Å². The number of rotatable bonds is 8. The Labute approximate surface area is 108 Å². The Balaban J connectivity index is 2.02. The Morgan fingerprint density at radius 2 is 1.94 bits per heavy atom. The molecule has 1 unspecified atom stereocenters. The smallest absolute Gasteiger partial charge is 0.0217 e. The molecule has 3 heteroatoms. The first-order chi connectivity index (χ1) is 8.24. The molecule has 0 saturated carbocycles. The number of likely N-dealkylation sites (tertiary alicyclic amines) is 1. The van der Waals surface area contributed by atoms with E-state index in [-0.39, 0.29) is 0 Å². The molecule has 1 fully saturated rings. The molecule has 1 N–H and O–H groups in total. The number of likely N-dealkylation sites (N-methyl/N-ethyl adjacent to an activating group) is 1. The fourth-order valence-electron chi connectivity index (χ4n) is 2.65. The van der Waals surface area contributed by atoms with Gasteiger partial charge in [-0.05, 0) is 66.5 Å². The van der Waals surface area contributed by atoms with Crippen LogP contribution in [0.2, 0.25) is 0 Å². The van der Waals surface area contributed by atoms with Gasteiger partial charge in [0.2, 0.25) is 0 Å². The molecule has 0 radical (unpaired) electrons. The highest BCUT2D eigenvalue weighted by atomic mass is 15.2. The quantitative estimate of drug-likeness (QED) is 0.654. The summed E-state index contributed by atoms with van der Waals surface area (Å²) in [7, 11) is 6.47. The number of hydrogen-bond acceptors (Lipinski definition) is 3. The molecule has 0 aromatic heterocycles. The van der Waals surface area contributed by atoms with Crippen LogP contribution in [0.5, 0.6) is 0 Å². The van der Waals surface area contributed by atoms with Crippen molar-refractivity contribution in [3.63, 3.8) is 0 Å². The van der Waals surface area contributed by atoms with E-state index in [0.717, 1.165) is 6.04 Å². The molecule has 1 rings (SSSR count). The first-order valence-electron chi connectivity index (χ1n) is 7.27. The summed E-state index contributed by atoms with van der Waals surface area (Å²) in [5, 5.41) is 3.21. The first kappa shape index (κ1) is 14.9. The number of nitrogens with one attached hydrogen (secondary N) is 1. The maximum absolute atomic E-state index is 3.21. The van der Waals surface area contributed by atoms with Gasteiger partial charge in [0.15, 0.2) is 0 Å². The maximum Gasteiger partial charge on any atom is 0.0217 e. The lowest BCUT2D eigenvalue weighted by atomic mass is 10.0. The zero-order chi connectivity index (χ0) is 12.5. The molecule has 17 heavy (non-hydrogen) atoms. The van der Waals surface area contributed by atoms with Crippen LogP contribution < -0.4 is 5.32 Å². The molecular formula is C14H31N3. The fourth-order valence-corrected chi connectivity index (χ4v) is 2.65. The Morgan fingerprint density at radius 1 is 1.18 bits per heavy atom. The monoisotopic (exact) mass is 241 g/mol. The summed E-state index contributed by atoms with van der Waals surface area (Å²) in [6.07, 6.45) is 8.24. The molecule has 102 valence electrons. The van der Waals surface area contributed by atoms with Crippen molar-refractivity contribution in [2.75, 3.05) is 47.3 Å². The minimum atomic E-state index is 0.785. The third kappa shape index (κ3) is 6.39. The minimum absolute atomic E-state index is 0.785. The SMILES string of the molecule is CNCCCCCCN1CCCC(N(C)C)C1. The highest BCUT2D eigenvalue weighted by Crippen LogP contribution is 2.14. The predicted octanol–water partition coefficient (Wildman–Crippen LogP) is 1.79. The standard InChI is InChI=1S/C14H31N3/c1-15-10-6-4-5-7-11-17-12-8-9-14(13-17)16(2)3/h14-15H,4-13H2,1-3H3. The van der Waals surface area contributed by atoms with Crippen molar-refractivity contribution in [2.45, 2.75) is 44.6 Å². The van der Waals surface area contributed by atoms with E-state index in [2.05, 4.69) is 29.2 Å². The van der Waals surface area contributed by atoms with Crippen LogP contribution in [0.4, 0.5) is 0 Å². The normalized spacial score (nSPS) is 22.2. The number of hydrogen-bond donors (Lipinski definition) is 1. The molecular weight excluding hydrogens is 210 g/mol. The van der Waals surface area contributed by atoms with E-state index in [1.807, 2.05) is 7.05 Å². The van der Waals surface area contributed by atoms with Crippen molar-refractivity contribution >= 4 is 0 Å². The summed E-state index contributed by atoms with van der Waals surface area (Å²) in [6, 6.07) is 0.785. The molecule has 1 saturated heterocycles. The highest BCUT2D eigenvalue weighted by Gasteiger charge is 2.20. The molecule has 1 atom stereocenters. The van der Waals surface area contributed by atoms with E-state index in [9.17, 15) is 0 Å². The van der Waals surface area contributed by atoms with Gasteiger partial charge in [-0.3, -0.25) is 0 Å². The van der Waals surface area contributed by atoms with Gasteiger partial charge in [-0.1, -0.05) is 12.8 Å². The Bertz CT molecular complexity index is 182. The van der Waals surface area contributed by atoms with E-state index in [1.54, 1.807) is 0 Å². The molecule has 3 nitrogen and oxygen atoms in total. The maximum atomic E-state index is 3.21. The van der Waals surface area contributed by atoms with Crippen molar-refractivity contribution in [3.05, 3.63) is 0 Å². The number of piperidine rings is 1. The van der Waals surface area contributed by atoms with Crippen LogP contribution in [0.15, 0.2) is 0 Å². The van der Waals surface area contributed by atoms with Gasteiger partial charge >= 0.3 is 0 Å². The van der Waals surface area contributed by atoms with Crippen molar-refractivity contribution in [1.29, 1.82) is 0 Å². The topological polar surface area (TPSA) is 18.5 Å². The Hall–Kier alpha value is -0.120. The second-order valence-electron chi connectivity index (χ2n) is 5.58. The third-order valence-corrected chi connectivity index (χ3v) is 3.86. The lowest BCUT2D eigenvalue weighted by Crippen LogP contribution is -2.45. The molecule has 1 aliphatic rings. The van der Waals surface area contributed by atoms with Crippen LogP contribution in [-0.4, -0.2) is 63.2 Å². The van der Waals surface area contributed by atoms with Crippen molar-refractivity contribution in [3.8, 4) is 0 Å². The summed E-state index contributed by atoms with van der Waals surface area (Å²) < 4.78 is 0.